The predicted octanol–water partition coefficient (Wildman–Crippen LogP) is 1.57. The molecule has 9 heteroatoms. The summed E-state index contributed by atoms with van der Waals surface area (Å²) in [4.78, 5) is 55.1. The van der Waals surface area contributed by atoms with Crippen LogP contribution in [-0.4, -0.2) is 56.8 Å². The third-order valence-corrected chi connectivity index (χ3v) is 5.67. The lowest BCUT2D eigenvalue weighted by Gasteiger charge is -2.36. The Morgan fingerprint density at radius 1 is 1.09 bits per heavy atom. The zero-order valence-electron chi connectivity index (χ0n) is 17.8. The largest absolute Gasteiger partial charge is 0.337 e. The summed E-state index contributed by atoms with van der Waals surface area (Å²) in [5, 5.41) is 0.354. The van der Waals surface area contributed by atoms with Gasteiger partial charge in [0.2, 0.25) is 5.91 Å². The maximum Gasteiger partial charge on any atom is 0.329 e. The minimum Gasteiger partial charge on any atom is -0.337 e. The van der Waals surface area contributed by atoms with Gasteiger partial charge in [0.25, 0.3) is 11.5 Å². The summed E-state index contributed by atoms with van der Waals surface area (Å²) in [5.74, 6) is -1.45. The topological polar surface area (TPSA) is 95.5 Å². The normalized spacial score (nSPS) is 14.4. The van der Waals surface area contributed by atoms with Crippen molar-refractivity contribution in [1.29, 1.82) is 0 Å². The summed E-state index contributed by atoms with van der Waals surface area (Å²) in [6.45, 7) is 4.45. The van der Waals surface area contributed by atoms with Gasteiger partial charge in [0.1, 0.15) is 12.4 Å². The van der Waals surface area contributed by atoms with Gasteiger partial charge in [-0.15, -0.1) is 0 Å². The van der Waals surface area contributed by atoms with Crippen molar-refractivity contribution in [3.63, 3.8) is 0 Å². The minimum atomic E-state index is -0.698. The number of piperazine rings is 1. The number of hydrogen-bond acceptors (Lipinski definition) is 4. The van der Waals surface area contributed by atoms with Gasteiger partial charge in [0, 0.05) is 19.1 Å². The van der Waals surface area contributed by atoms with E-state index in [2.05, 4.69) is 4.98 Å². The Hall–Kier alpha value is -3.75. The number of aromatic amines is 1. The highest BCUT2D eigenvalue weighted by molar-refractivity contribution is 5.97. The van der Waals surface area contributed by atoms with E-state index >= 15 is 0 Å². The first kappa shape index (κ1) is 21.5. The van der Waals surface area contributed by atoms with E-state index in [1.165, 1.54) is 27.7 Å². The molecule has 2 aromatic carbocycles. The Labute approximate surface area is 182 Å². The van der Waals surface area contributed by atoms with Gasteiger partial charge in [-0.2, -0.15) is 0 Å². The van der Waals surface area contributed by atoms with Crippen molar-refractivity contribution in [2.45, 2.75) is 26.4 Å². The highest BCUT2D eigenvalue weighted by Crippen LogP contribution is 2.18. The Balaban J connectivity index is 1.64. The molecule has 0 radical (unpaired) electrons. The first-order chi connectivity index (χ1) is 15.3. The van der Waals surface area contributed by atoms with Gasteiger partial charge in [0.15, 0.2) is 0 Å². The SMILES string of the molecule is CC(C)N1CCN(C(=O)c2cc(Cn3c(=O)[nH]c(=O)c4ccccc43)ccc2F)CC1=O. The quantitative estimate of drug-likeness (QED) is 0.669. The summed E-state index contributed by atoms with van der Waals surface area (Å²) in [7, 11) is 0. The molecule has 0 atom stereocenters. The van der Waals surface area contributed by atoms with Crippen LogP contribution in [0, 0.1) is 5.82 Å². The van der Waals surface area contributed by atoms with Crippen molar-refractivity contribution in [1.82, 2.24) is 19.4 Å². The van der Waals surface area contributed by atoms with Gasteiger partial charge in [-0.05, 0) is 43.7 Å². The van der Waals surface area contributed by atoms with Crippen LogP contribution in [0.25, 0.3) is 10.9 Å². The molecule has 32 heavy (non-hydrogen) atoms. The zero-order valence-corrected chi connectivity index (χ0v) is 17.8. The number of nitrogens with one attached hydrogen (secondary N) is 1. The Bertz CT molecular complexity index is 1330. The molecule has 0 aliphatic carbocycles. The number of carbonyl (C=O) groups is 2. The second kappa shape index (κ2) is 8.41. The third-order valence-electron chi connectivity index (χ3n) is 5.67. The molecule has 0 unspecified atom stereocenters. The summed E-state index contributed by atoms with van der Waals surface area (Å²) >= 11 is 0. The van der Waals surface area contributed by atoms with E-state index < -0.39 is 23.0 Å². The van der Waals surface area contributed by atoms with Crippen molar-refractivity contribution >= 4 is 22.7 Å². The molecule has 1 saturated heterocycles. The molecule has 1 aliphatic rings. The number of amides is 2. The van der Waals surface area contributed by atoms with Gasteiger partial charge in [0.05, 0.1) is 23.0 Å². The van der Waals surface area contributed by atoms with Gasteiger partial charge in [-0.1, -0.05) is 18.2 Å². The maximum absolute atomic E-state index is 14.5. The number of halogens is 1. The second-order valence-electron chi connectivity index (χ2n) is 8.08. The van der Waals surface area contributed by atoms with Crippen LogP contribution in [0.15, 0.2) is 52.1 Å². The van der Waals surface area contributed by atoms with Gasteiger partial charge in [-0.25, -0.2) is 9.18 Å². The van der Waals surface area contributed by atoms with Crippen LogP contribution in [-0.2, 0) is 11.3 Å². The smallest absolute Gasteiger partial charge is 0.329 e. The molecule has 2 heterocycles. The highest BCUT2D eigenvalue weighted by Gasteiger charge is 2.30. The van der Waals surface area contributed by atoms with Crippen LogP contribution >= 0.6 is 0 Å². The number of hydrogen-bond donors (Lipinski definition) is 1. The van der Waals surface area contributed by atoms with Crippen molar-refractivity contribution in [3.8, 4) is 0 Å². The standard InChI is InChI=1S/C23H23FN4O4/c1-14(2)27-10-9-26(13-20(27)29)22(31)17-11-15(7-8-18(17)24)12-28-19-6-4-3-5-16(19)21(30)25-23(28)32/h3-8,11,14H,9-10,12-13H2,1-2H3,(H,25,30,32). The molecule has 0 saturated carbocycles. The molecule has 1 aliphatic heterocycles. The molecule has 8 nitrogen and oxygen atoms in total. The minimum absolute atomic E-state index is 0.0327. The molecule has 0 spiro atoms. The van der Waals surface area contributed by atoms with Crippen molar-refractivity contribution in [2.75, 3.05) is 19.6 Å². The second-order valence-corrected chi connectivity index (χ2v) is 8.08. The molecule has 3 aromatic rings. The van der Waals surface area contributed by atoms with Crippen molar-refractivity contribution in [2.24, 2.45) is 0 Å². The van der Waals surface area contributed by atoms with Gasteiger partial charge >= 0.3 is 5.69 Å². The summed E-state index contributed by atoms with van der Waals surface area (Å²) in [5.41, 5.74) is -0.284. The van der Waals surface area contributed by atoms with Crippen LogP contribution in [0.2, 0.25) is 0 Å². The monoisotopic (exact) mass is 438 g/mol. The van der Waals surface area contributed by atoms with E-state index in [4.69, 9.17) is 0 Å². The van der Waals surface area contributed by atoms with E-state index in [9.17, 15) is 23.6 Å². The Morgan fingerprint density at radius 3 is 2.56 bits per heavy atom. The first-order valence-corrected chi connectivity index (χ1v) is 10.4. The molecule has 4 rings (SSSR count). The summed E-state index contributed by atoms with van der Waals surface area (Å²) in [6.07, 6.45) is 0. The van der Waals surface area contributed by atoms with Crippen LogP contribution in [0.3, 0.4) is 0 Å². The van der Waals surface area contributed by atoms with E-state index in [1.54, 1.807) is 29.2 Å². The fourth-order valence-electron chi connectivity index (χ4n) is 3.99. The van der Waals surface area contributed by atoms with Gasteiger partial charge < -0.3 is 9.80 Å². The molecule has 0 bridgehead atoms. The predicted molar refractivity (Wildman–Crippen MR) is 117 cm³/mol. The lowest BCUT2D eigenvalue weighted by molar-refractivity contribution is -0.136. The van der Waals surface area contributed by atoms with E-state index in [0.29, 0.717) is 29.6 Å². The summed E-state index contributed by atoms with van der Waals surface area (Å²) in [6, 6.07) is 10.8. The molecule has 166 valence electrons. The van der Waals surface area contributed by atoms with Crippen LogP contribution < -0.4 is 11.2 Å². The third kappa shape index (κ3) is 3.93. The molecule has 2 amide bonds. The number of rotatable bonds is 4. The zero-order chi connectivity index (χ0) is 23.0. The maximum atomic E-state index is 14.5. The van der Waals surface area contributed by atoms with Crippen LogP contribution in [0.5, 0.6) is 0 Å². The lowest BCUT2D eigenvalue weighted by Crippen LogP contribution is -2.54. The molecular formula is C23H23FN4O4. The molecule has 1 aromatic heterocycles. The highest BCUT2D eigenvalue weighted by atomic mass is 19.1. The number of H-pyrrole nitrogens is 1. The van der Waals surface area contributed by atoms with E-state index in [1.807, 2.05) is 13.8 Å². The fourth-order valence-corrected chi connectivity index (χ4v) is 3.99. The van der Waals surface area contributed by atoms with Crippen LogP contribution in [0.4, 0.5) is 4.39 Å². The fraction of sp³-hybridized carbons (Fsp3) is 0.304. The first-order valence-electron chi connectivity index (χ1n) is 10.4. The number of aromatic nitrogens is 2. The Morgan fingerprint density at radius 2 is 1.84 bits per heavy atom. The number of para-hydroxylation sites is 1. The Kier molecular flexibility index (Phi) is 5.65. The van der Waals surface area contributed by atoms with Gasteiger partial charge in [-0.3, -0.25) is 23.9 Å². The average molecular weight is 438 g/mol. The number of fused-ring (bicyclic) bond motifs is 1. The van der Waals surface area contributed by atoms with Crippen LogP contribution in [0.1, 0.15) is 29.8 Å². The van der Waals surface area contributed by atoms with Crippen molar-refractivity contribution in [3.05, 3.63) is 80.2 Å². The number of carbonyl (C=O) groups excluding carboxylic acids is 2. The van der Waals surface area contributed by atoms with E-state index in [-0.39, 0.29) is 30.6 Å². The number of nitrogens with zero attached hydrogens (tertiary/aromatic N) is 3. The molecule has 1 fully saturated rings. The molecular weight excluding hydrogens is 415 g/mol. The summed E-state index contributed by atoms with van der Waals surface area (Å²) < 4.78 is 15.9. The molecule has 1 N–H and O–H groups in total. The van der Waals surface area contributed by atoms with Crippen molar-refractivity contribution < 1.29 is 14.0 Å². The van der Waals surface area contributed by atoms with E-state index in [0.717, 1.165) is 0 Å². The lowest BCUT2D eigenvalue weighted by atomic mass is 10.1. The number of benzene rings is 2. The average Bonchev–Trinajstić information content (AvgIpc) is 2.77.